The van der Waals surface area contributed by atoms with Crippen molar-refractivity contribution in [1.82, 2.24) is 15.1 Å². The molecular weight excluding hydrogens is 276 g/mol. The standard InChI is InChI=1S/C14H15ClN4O/c15-10-4-1-5-11(13(10)19-9-3-8-17-19)18-14(20)12-6-2-7-16-12/h1,3-5,8-9,12,16H,2,6-7H2,(H,18,20)/t12-/m0/s1. The summed E-state index contributed by atoms with van der Waals surface area (Å²) in [6.07, 6.45) is 5.36. The van der Waals surface area contributed by atoms with Crippen molar-refractivity contribution in [3.63, 3.8) is 0 Å². The van der Waals surface area contributed by atoms with Crippen molar-refractivity contribution in [3.05, 3.63) is 41.7 Å². The van der Waals surface area contributed by atoms with Crippen molar-refractivity contribution in [1.29, 1.82) is 0 Å². The Bertz CT molecular complexity index is 606. The molecule has 3 rings (SSSR count). The molecule has 1 aromatic carbocycles. The quantitative estimate of drug-likeness (QED) is 0.911. The molecule has 0 bridgehead atoms. The van der Waals surface area contributed by atoms with Gasteiger partial charge in [-0.2, -0.15) is 5.10 Å². The maximum absolute atomic E-state index is 12.2. The van der Waals surface area contributed by atoms with Crippen molar-refractivity contribution in [2.45, 2.75) is 18.9 Å². The molecule has 1 aliphatic heterocycles. The van der Waals surface area contributed by atoms with Gasteiger partial charge in [-0.25, -0.2) is 4.68 Å². The number of nitrogens with one attached hydrogen (secondary N) is 2. The number of benzene rings is 1. The first kappa shape index (κ1) is 13.1. The van der Waals surface area contributed by atoms with E-state index < -0.39 is 0 Å². The molecule has 5 nitrogen and oxygen atoms in total. The molecule has 0 unspecified atom stereocenters. The number of rotatable bonds is 3. The van der Waals surface area contributed by atoms with Gasteiger partial charge in [0.05, 0.1) is 16.8 Å². The Morgan fingerprint density at radius 2 is 2.35 bits per heavy atom. The van der Waals surface area contributed by atoms with Gasteiger partial charge < -0.3 is 10.6 Å². The van der Waals surface area contributed by atoms with E-state index in [0.717, 1.165) is 19.4 Å². The second-order valence-corrected chi connectivity index (χ2v) is 5.13. The second kappa shape index (κ2) is 5.64. The Morgan fingerprint density at radius 3 is 3.05 bits per heavy atom. The number of hydrogen-bond acceptors (Lipinski definition) is 3. The van der Waals surface area contributed by atoms with Crippen LogP contribution in [0.1, 0.15) is 12.8 Å². The minimum absolute atomic E-state index is 0.0295. The lowest BCUT2D eigenvalue weighted by Crippen LogP contribution is -2.35. The number of anilines is 1. The van der Waals surface area contributed by atoms with Gasteiger partial charge >= 0.3 is 0 Å². The summed E-state index contributed by atoms with van der Waals surface area (Å²) in [6.45, 7) is 0.889. The van der Waals surface area contributed by atoms with E-state index in [0.29, 0.717) is 16.4 Å². The highest BCUT2D eigenvalue weighted by Crippen LogP contribution is 2.28. The zero-order valence-corrected chi connectivity index (χ0v) is 11.6. The normalized spacial score (nSPS) is 18.1. The number of carbonyl (C=O) groups is 1. The summed E-state index contributed by atoms with van der Waals surface area (Å²) in [5, 5.41) is 10.8. The van der Waals surface area contributed by atoms with E-state index in [1.54, 1.807) is 23.1 Å². The highest BCUT2D eigenvalue weighted by Gasteiger charge is 2.23. The van der Waals surface area contributed by atoms with Gasteiger partial charge in [0.15, 0.2) is 0 Å². The van der Waals surface area contributed by atoms with Gasteiger partial charge in [0, 0.05) is 12.4 Å². The van der Waals surface area contributed by atoms with Gasteiger partial charge in [0.2, 0.25) is 5.91 Å². The lowest BCUT2D eigenvalue weighted by Gasteiger charge is -2.15. The Morgan fingerprint density at radius 1 is 1.45 bits per heavy atom. The number of hydrogen-bond donors (Lipinski definition) is 2. The largest absolute Gasteiger partial charge is 0.323 e. The molecular formula is C14H15ClN4O. The molecule has 1 amide bonds. The first-order chi connectivity index (χ1) is 9.75. The molecule has 0 radical (unpaired) electrons. The number of halogens is 1. The van der Waals surface area contributed by atoms with Crippen LogP contribution in [-0.4, -0.2) is 28.3 Å². The molecule has 6 heteroatoms. The molecule has 1 atom stereocenters. The fourth-order valence-corrected chi connectivity index (χ4v) is 2.64. The summed E-state index contributed by atoms with van der Waals surface area (Å²) >= 11 is 6.24. The first-order valence-electron chi connectivity index (χ1n) is 6.58. The van der Waals surface area contributed by atoms with E-state index in [9.17, 15) is 4.79 Å². The van der Waals surface area contributed by atoms with Crippen molar-refractivity contribution in [2.75, 3.05) is 11.9 Å². The zero-order valence-electron chi connectivity index (χ0n) is 10.8. The molecule has 0 spiro atoms. The summed E-state index contributed by atoms with van der Waals surface area (Å²) in [5.41, 5.74) is 1.35. The van der Waals surface area contributed by atoms with Crippen LogP contribution in [0.4, 0.5) is 5.69 Å². The van der Waals surface area contributed by atoms with Crippen LogP contribution in [0.15, 0.2) is 36.7 Å². The highest BCUT2D eigenvalue weighted by molar-refractivity contribution is 6.33. The molecule has 1 aromatic heterocycles. The van der Waals surface area contributed by atoms with E-state index in [1.807, 2.05) is 18.2 Å². The molecule has 1 saturated heterocycles. The third-order valence-corrected chi connectivity index (χ3v) is 3.66. The third-order valence-electron chi connectivity index (χ3n) is 3.35. The summed E-state index contributed by atoms with van der Waals surface area (Å²) < 4.78 is 1.65. The van der Waals surface area contributed by atoms with Crippen molar-refractivity contribution in [2.24, 2.45) is 0 Å². The fraction of sp³-hybridized carbons (Fsp3) is 0.286. The number of para-hydroxylation sites is 1. The zero-order chi connectivity index (χ0) is 13.9. The smallest absolute Gasteiger partial charge is 0.241 e. The summed E-state index contributed by atoms with van der Waals surface area (Å²) in [5.74, 6) is -0.0295. The van der Waals surface area contributed by atoms with E-state index in [1.165, 1.54) is 0 Å². The van der Waals surface area contributed by atoms with Gasteiger partial charge in [0.25, 0.3) is 0 Å². The predicted octanol–water partition coefficient (Wildman–Crippen LogP) is 2.22. The molecule has 0 saturated carbocycles. The number of carbonyl (C=O) groups excluding carboxylic acids is 1. The number of aromatic nitrogens is 2. The monoisotopic (exact) mass is 290 g/mol. The topological polar surface area (TPSA) is 59.0 Å². The second-order valence-electron chi connectivity index (χ2n) is 4.72. The number of nitrogens with zero attached hydrogens (tertiary/aromatic N) is 2. The first-order valence-corrected chi connectivity index (χ1v) is 6.96. The van der Waals surface area contributed by atoms with Gasteiger partial charge in [-0.15, -0.1) is 0 Å². The maximum Gasteiger partial charge on any atom is 0.241 e. The van der Waals surface area contributed by atoms with Crippen LogP contribution < -0.4 is 10.6 Å². The van der Waals surface area contributed by atoms with Gasteiger partial charge in [0.1, 0.15) is 5.69 Å². The van der Waals surface area contributed by atoms with Crippen molar-refractivity contribution in [3.8, 4) is 5.69 Å². The summed E-state index contributed by atoms with van der Waals surface area (Å²) in [7, 11) is 0. The van der Waals surface area contributed by atoms with Crippen LogP contribution in [0.2, 0.25) is 5.02 Å². The Kier molecular flexibility index (Phi) is 3.71. The molecule has 104 valence electrons. The SMILES string of the molecule is O=C(Nc1cccc(Cl)c1-n1cccn1)[C@@H]1CCCN1. The molecule has 0 aliphatic carbocycles. The van der Waals surface area contributed by atoms with E-state index in [2.05, 4.69) is 15.7 Å². The van der Waals surface area contributed by atoms with Gasteiger partial charge in [-0.3, -0.25) is 4.79 Å². The fourth-order valence-electron chi connectivity index (χ4n) is 2.38. The van der Waals surface area contributed by atoms with E-state index in [4.69, 9.17) is 11.6 Å². The van der Waals surface area contributed by atoms with E-state index >= 15 is 0 Å². The minimum atomic E-state index is -0.126. The molecule has 2 heterocycles. The number of amides is 1. The highest BCUT2D eigenvalue weighted by atomic mass is 35.5. The summed E-state index contributed by atoms with van der Waals surface area (Å²) in [6, 6.07) is 7.11. The average molecular weight is 291 g/mol. The third kappa shape index (κ3) is 2.55. The molecule has 1 aliphatic rings. The van der Waals surface area contributed by atoms with Crippen molar-refractivity contribution >= 4 is 23.2 Å². The molecule has 2 N–H and O–H groups in total. The van der Waals surface area contributed by atoms with Gasteiger partial charge in [-0.1, -0.05) is 17.7 Å². The Labute approximate surface area is 121 Å². The van der Waals surface area contributed by atoms with Crippen LogP contribution in [0.25, 0.3) is 5.69 Å². The lowest BCUT2D eigenvalue weighted by atomic mass is 10.2. The minimum Gasteiger partial charge on any atom is -0.323 e. The van der Waals surface area contributed by atoms with Crippen molar-refractivity contribution < 1.29 is 4.79 Å². The van der Waals surface area contributed by atoms with Gasteiger partial charge in [-0.05, 0) is 37.6 Å². The Hall–Kier alpha value is -1.85. The van der Waals surface area contributed by atoms with Crippen LogP contribution >= 0.6 is 11.6 Å². The molecule has 1 fully saturated rings. The maximum atomic E-state index is 12.2. The Balaban J connectivity index is 1.89. The molecule has 20 heavy (non-hydrogen) atoms. The molecule has 2 aromatic rings. The summed E-state index contributed by atoms with van der Waals surface area (Å²) in [4.78, 5) is 12.2. The van der Waals surface area contributed by atoms with Crippen LogP contribution in [-0.2, 0) is 4.79 Å². The average Bonchev–Trinajstić information content (AvgIpc) is 3.12. The van der Waals surface area contributed by atoms with Crippen LogP contribution in [0, 0.1) is 0 Å². The van der Waals surface area contributed by atoms with Crippen LogP contribution in [0.3, 0.4) is 0 Å². The predicted molar refractivity (Wildman–Crippen MR) is 78.2 cm³/mol. The van der Waals surface area contributed by atoms with E-state index in [-0.39, 0.29) is 11.9 Å². The lowest BCUT2D eigenvalue weighted by molar-refractivity contribution is -0.117. The van der Waals surface area contributed by atoms with Crippen LogP contribution in [0.5, 0.6) is 0 Å².